The van der Waals surface area contributed by atoms with E-state index in [1.807, 2.05) is 0 Å². The third-order valence-electron chi connectivity index (χ3n) is 5.61. The van der Waals surface area contributed by atoms with E-state index in [1.54, 1.807) is 9.80 Å². The molecule has 2 fully saturated rings. The molecule has 0 radical (unpaired) electrons. The van der Waals surface area contributed by atoms with Gasteiger partial charge in [-0.05, 0) is 37.8 Å². The molecule has 0 N–H and O–H groups in total. The summed E-state index contributed by atoms with van der Waals surface area (Å²) in [5.74, 6) is -0.784. The Labute approximate surface area is 167 Å². The highest BCUT2D eigenvalue weighted by Gasteiger charge is 2.33. The number of likely N-dealkylation sites (tertiary alicyclic amines) is 2. The summed E-state index contributed by atoms with van der Waals surface area (Å²) < 4.78 is 38.7. The second kappa shape index (κ2) is 8.97. The highest BCUT2D eigenvalue weighted by Crippen LogP contribution is 2.31. The molecule has 158 valence electrons. The fourth-order valence-corrected chi connectivity index (χ4v) is 4.02. The van der Waals surface area contributed by atoms with Crippen LogP contribution in [0, 0.1) is 5.92 Å². The molecular formula is C21H25F3N2O3. The summed E-state index contributed by atoms with van der Waals surface area (Å²) in [5.41, 5.74) is -0.810. The van der Waals surface area contributed by atoms with Crippen LogP contribution in [0.5, 0.6) is 0 Å². The normalized spacial score (nSPS) is 20.2. The van der Waals surface area contributed by atoms with E-state index >= 15 is 0 Å². The van der Waals surface area contributed by atoms with Gasteiger partial charge in [0.2, 0.25) is 11.8 Å². The van der Waals surface area contributed by atoms with Crippen LogP contribution in [0.1, 0.15) is 54.4 Å². The van der Waals surface area contributed by atoms with Crippen molar-refractivity contribution in [2.75, 3.05) is 26.2 Å². The van der Waals surface area contributed by atoms with E-state index in [2.05, 4.69) is 0 Å². The molecule has 1 aromatic carbocycles. The Hall–Kier alpha value is -2.38. The van der Waals surface area contributed by atoms with Crippen molar-refractivity contribution in [3.8, 4) is 0 Å². The van der Waals surface area contributed by atoms with Crippen LogP contribution in [0.4, 0.5) is 13.2 Å². The van der Waals surface area contributed by atoms with Gasteiger partial charge in [0.05, 0.1) is 5.56 Å². The first-order chi connectivity index (χ1) is 13.8. The van der Waals surface area contributed by atoms with Crippen LogP contribution in [0.25, 0.3) is 0 Å². The van der Waals surface area contributed by atoms with Gasteiger partial charge in [0.15, 0.2) is 5.78 Å². The van der Waals surface area contributed by atoms with Crippen LogP contribution in [0.15, 0.2) is 24.3 Å². The minimum Gasteiger partial charge on any atom is -0.343 e. The first-order valence-corrected chi connectivity index (χ1v) is 10.0. The van der Waals surface area contributed by atoms with E-state index < -0.39 is 17.7 Å². The van der Waals surface area contributed by atoms with Gasteiger partial charge < -0.3 is 9.80 Å². The smallest absolute Gasteiger partial charge is 0.343 e. The number of hydrogen-bond donors (Lipinski definition) is 0. The topological polar surface area (TPSA) is 57.7 Å². The summed E-state index contributed by atoms with van der Waals surface area (Å²) in [5, 5.41) is 0. The third-order valence-corrected chi connectivity index (χ3v) is 5.61. The van der Waals surface area contributed by atoms with E-state index in [9.17, 15) is 27.6 Å². The maximum Gasteiger partial charge on any atom is 0.416 e. The first kappa shape index (κ1) is 21.3. The number of carbonyl (C=O) groups excluding carboxylic acids is 3. The number of benzene rings is 1. The summed E-state index contributed by atoms with van der Waals surface area (Å²) in [7, 11) is 0. The molecule has 0 aliphatic carbocycles. The van der Waals surface area contributed by atoms with Crippen LogP contribution in [-0.2, 0) is 15.8 Å². The van der Waals surface area contributed by atoms with Crippen LogP contribution in [0.2, 0.25) is 0 Å². The maximum absolute atomic E-state index is 12.9. The lowest BCUT2D eigenvalue weighted by Gasteiger charge is -2.32. The lowest BCUT2D eigenvalue weighted by Crippen LogP contribution is -2.42. The molecule has 0 saturated carbocycles. The van der Waals surface area contributed by atoms with E-state index in [0.29, 0.717) is 45.2 Å². The van der Waals surface area contributed by atoms with Gasteiger partial charge in [-0.2, -0.15) is 13.2 Å². The van der Waals surface area contributed by atoms with E-state index in [0.717, 1.165) is 25.1 Å². The molecule has 0 spiro atoms. The molecule has 0 bridgehead atoms. The van der Waals surface area contributed by atoms with E-state index in [-0.39, 0.29) is 29.7 Å². The minimum atomic E-state index is -4.50. The van der Waals surface area contributed by atoms with Crippen LogP contribution >= 0.6 is 0 Å². The summed E-state index contributed by atoms with van der Waals surface area (Å²) >= 11 is 0. The van der Waals surface area contributed by atoms with Gasteiger partial charge in [0.25, 0.3) is 0 Å². The molecule has 2 saturated heterocycles. The Bertz CT molecular complexity index is 779. The second-order valence-electron chi connectivity index (χ2n) is 7.71. The Morgan fingerprint density at radius 2 is 1.93 bits per heavy atom. The van der Waals surface area contributed by atoms with Crippen molar-refractivity contribution in [1.82, 2.24) is 9.80 Å². The van der Waals surface area contributed by atoms with E-state index in [1.165, 1.54) is 12.1 Å². The number of alkyl halides is 3. The Kier molecular flexibility index (Phi) is 6.59. The fourth-order valence-electron chi connectivity index (χ4n) is 4.02. The summed E-state index contributed by atoms with van der Waals surface area (Å²) in [6, 6.07) is 4.46. The number of piperidine rings is 1. The van der Waals surface area contributed by atoms with Gasteiger partial charge in [0.1, 0.15) is 0 Å². The van der Waals surface area contributed by atoms with Gasteiger partial charge in [-0.15, -0.1) is 0 Å². The Morgan fingerprint density at radius 1 is 1.14 bits per heavy atom. The molecule has 2 heterocycles. The lowest BCUT2D eigenvalue weighted by atomic mass is 9.89. The number of nitrogens with zero attached hydrogens (tertiary/aromatic N) is 2. The highest BCUT2D eigenvalue weighted by atomic mass is 19.4. The molecular weight excluding hydrogens is 385 g/mol. The van der Waals surface area contributed by atoms with Crippen LogP contribution in [-0.4, -0.2) is 53.6 Å². The Morgan fingerprint density at radius 3 is 2.62 bits per heavy atom. The standard InChI is InChI=1S/C21H25F3N2O3/c22-21(23,24)17-7-1-5-15(13-17)20(29)16-6-2-12-26(14-16)19(28)9-4-11-25-10-3-8-18(25)27/h1,5,7,13,16H,2-4,6,8-12,14H2/t16-/m0/s1. The van der Waals surface area contributed by atoms with Crippen molar-refractivity contribution in [2.45, 2.75) is 44.7 Å². The van der Waals surface area contributed by atoms with Crippen molar-refractivity contribution in [2.24, 2.45) is 5.92 Å². The number of carbonyl (C=O) groups is 3. The molecule has 2 aliphatic heterocycles. The number of hydrogen-bond acceptors (Lipinski definition) is 3. The van der Waals surface area contributed by atoms with Crippen molar-refractivity contribution < 1.29 is 27.6 Å². The summed E-state index contributed by atoms with van der Waals surface area (Å²) in [6.07, 6.45) is -0.992. The zero-order valence-electron chi connectivity index (χ0n) is 16.2. The second-order valence-corrected chi connectivity index (χ2v) is 7.71. The largest absolute Gasteiger partial charge is 0.416 e. The quantitative estimate of drug-likeness (QED) is 0.675. The summed E-state index contributed by atoms with van der Waals surface area (Å²) in [6.45, 7) is 2.08. The van der Waals surface area contributed by atoms with Crippen LogP contribution < -0.4 is 0 Å². The molecule has 3 rings (SSSR count). The average Bonchev–Trinajstić information content (AvgIpc) is 3.11. The zero-order chi connectivity index (χ0) is 21.0. The van der Waals surface area contributed by atoms with Crippen molar-refractivity contribution in [1.29, 1.82) is 0 Å². The molecule has 1 atom stereocenters. The summed E-state index contributed by atoms with van der Waals surface area (Å²) in [4.78, 5) is 40.2. The fraction of sp³-hybridized carbons (Fsp3) is 0.571. The average molecular weight is 410 g/mol. The predicted octanol–water partition coefficient (Wildman–Crippen LogP) is 3.53. The Balaban J connectivity index is 1.55. The zero-order valence-corrected chi connectivity index (χ0v) is 16.2. The number of ketones is 1. The highest BCUT2D eigenvalue weighted by molar-refractivity contribution is 5.98. The van der Waals surface area contributed by atoms with Gasteiger partial charge in [-0.25, -0.2) is 0 Å². The number of Topliss-reactive ketones (excluding diaryl/α,β-unsaturated/α-hetero) is 1. The first-order valence-electron chi connectivity index (χ1n) is 10.0. The monoisotopic (exact) mass is 410 g/mol. The van der Waals surface area contributed by atoms with Gasteiger partial charge >= 0.3 is 6.18 Å². The molecule has 2 aliphatic rings. The molecule has 0 unspecified atom stereocenters. The van der Waals surface area contributed by atoms with Gasteiger partial charge in [0, 0.05) is 50.5 Å². The number of rotatable bonds is 6. The molecule has 5 nitrogen and oxygen atoms in total. The third kappa shape index (κ3) is 5.36. The van der Waals surface area contributed by atoms with Gasteiger partial charge in [-0.3, -0.25) is 14.4 Å². The number of amides is 2. The SMILES string of the molecule is O=C(c1cccc(C(F)(F)F)c1)[C@H]1CCCN(C(=O)CCCN2CCCC2=O)C1. The maximum atomic E-state index is 12.9. The molecule has 29 heavy (non-hydrogen) atoms. The number of halogens is 3. The van der Waals surface area contributed by atoms with E-state index in [4.69, 9.17) is 0 Å². The van der Waals surface area contributed by atoms with Crippen molar-refractivity contribution in [3.63, 3.8) is 0 Å². The molecule has 2 amide bonds. The van der Waals surface area contributed by atoms with Crippen molar-refractivity contribution >= 4 is 17.6 Å². The molecule has 0 aromatic heterocycles. The molecule has 1 aromatic rings. The van der Waals surface area contributed by atoms with Crippen LogP contribution in [0.3, 0.4) is 0 Å². The lowest BCUT2D eigenvalue weighted by molar-refractivity contribution is -0.137. The molecule has 8 heteroatoms. The van der Waals surface area contributed by atoms with Gasteiger partial charge in [-0.1, -0.05) is 12.1 Å². The minimum absolute atomic E-state index is 0.0340. The predicted molar refractivity (Wildman–Crippen MR) is 100 cm³/mol. The van der Waals surface area contributed by atoms with Crippen molar-refractivity contribution in [3.05, 3.63) is 35.4 Å².